The molecule has 0 heterocycles. The SMILES string of the molecule is Cc1ccc([N+](=O)[O-])cc1NC(=O)[C@@H](C)N(c1cccc(C(F)(F)F)c1)S(C)(=O)=O. The van der Waals surface area contributed by atoms with Crippen LogP contribution in [0.3, 0.4) is 0 Å². The van der Waals surface area contributed by atoms with Crippen LogP contribution >= 0.6 is 0 Å². The Balaban J connectivity index is 2.42. The zero-order valence-electron chi connectivity index (χ0n) is 16.1. The molecule has 2 rings (SSSR count). The van der Waals surface area contributed by atoms with E-state index in [0.717, 1.165) is 30.5 Å². The van der Waals surface area contributed by atoms with Gasteiger partial charge in [-0.15, -0.1) is 0 Å². The van der Waals surface area contributed by atoms with E-state index in [9.17, 15) is 36.5 Å². The van der Waals surface area contributed by atoms with Crippen molar-refractivity contribution < 1.29 is 31.3 Å². The fourth-order valence-electron chi connectivity index (χ4n) is 2.72. The highest BCUT2D eigenvalue weighted by Gasteiger charge is 2.34. The molecule has 162 valence electrons. The van der Waals surface area contributed by atoms with Gasteiger partial charge in [0.25, 0.3) is 5.69 Å². The van der Waals surface area contributed by atoms with Gasteiger partial charge in [0.15, 0.2) is 0 Å². The summed E-state index contributed by atoms with van der Waals surface area (Å²) in [4.78, 5) is 23.0. The maximum atomic E-state index is 13.0. The Morgan fingerprint density at radius 1 is 1.20 bits per heavy atom. The average Bonchev–Trinajstić information content (AvgIpc) is 2.61. The normalized spacial score (nSPS) is 12.9. The van der Waals surface area contributed by atoms with Gasteiger partial charge in [-0.3, -0.25) is 19.2 Å². The standard InChI is InChI=1S/C18H18F3N3O5S/c1-11-7-8-15(24(26)27)10-16(11)22-17(25)12(2)23(30(3,28)29)14-6-4-5-13(9-14)18(19,20)21/h4-10,12H,1-3H3,(H,22,25)/t12-/m1/s1. The van der Waals surface area contributed by atoms with Crippen molar-refractivity contribution >= 4 is 33.0 Å². The second kappa shape index (κ2) is 8.30. The maximum absolute atomic E-state index is 13.0. The average molecular weight is 445 g/mol. The number of hydrogen-bond donors (Lipinski definition) is 1. The van der Waals surface area contributed by atoms with Gasteiger partial charge < -0.3 is 5.32 Å². The zero-order valence-corrected chi connectivity index (χ0v) is 16.9. The highest BCUT2D eigenvalue weighted by molar-refractivity contribution is 7.92. The summed E-state index contributed by atoms with van der Waals surface area (Å²) in [5, 5.41) is 13.3. The van der Waals surface area contributed by atoms with E-state index >= 15 is 0 Å². The number of sulfonamides is 1. The van der Waals surface area contributed by atoms with Crippen LogP contribution in [0.2, 0.25) is 0 Å². The molecule has 0 saturated heterocycles. The third-order valence-corrected chi connectivity index (χ3v) is 5.45. The van der Waals surface area contributed by atoms with Crippen molar-refractivity contribution in [2.24, 2.45) is 0 Å². The van der Waals surface area contributed by atoms with Gasteiger partial charge in [0.2, 0.25) is 15.9 Å². The smallest absolute Gasteiger partial charge is 0.324 e. The first-order valence-corrected chi connectivity index (χ1v) is 10.3. The fraction of sp³-hybridized carbons (Fsp3) is 0.278. The summed E-state index contributed by atoms with van der Waals surface area (Å²) in [6.07, 6.45) is -3.94. The number of alkyl halides is 3. The molecule has 0 aliphatic rings. The molecular formula is C18H18F3N3O5S. The molecule has 1 amide bonds. The number of hydrogen-bond acceptors (Lipinski definition) is 5. The number of rotatable bonds is 6. The van der Waals surface area contributed by atoms with Crippen LogP contribution in [0.15, 0.2) is 42.5 Å². The van der Waals surface area contributed by atoms with E-state index in [0.29, 0.717) is 15.9 Å². The summed E-state index contributed by atoms with van der Waals surface area (Å²) in [6, 6.07) is 5.88. The second-order valence-corrected chi connectivity index (χ2v) is 8.39. The molecule has 1 N–H and O–H groups in total. The van der Waals surface area contributed by atoms with E-state index in [1.807, 2.05) is 0 Å². The minimum atomic E-state index is -4.70. The van der Waals surface area contributed by atoms with Crippen molar-refractivity contribution in [3.63, 3.8) is 0 Å². The quantitative estimate of drug-likeness (QED) is 0.538. The molecule has 0 bridgehead atoms. The molecule has 2 aromatic rings. The van der Waals surface area contributed by atoms with Crippen molar-refractivity contribution in [3.8, 4) is 0 Å². The van der Waals surface area contributed by atoms with Crippen LogP contribution in [0.4, 0.5) is 30.2 Å². The molecule has 0 aliphatic carbocycles. The van der Waals surface area contributed by atoms with Crippen molar-refractivity contribution in [2.75, 3.05) is 15.9 Å². The predicted molar refractivity (Wildman–Crippen MR) is 105 cm³/mol. The number of non-ortho nitro benzene ring substituents is 1. The highest BCUT2D eigenvalue weighted by atomic mass is 32.2. The van der Waals surface area contributed by atoms with Crippen molar-refractivity contribution in [3.05, 3.63) is 63.7 Å². The number of aryl methyl sites for hydroxylation is 1. The Labute approximate surface area is 170 Å². The van der Waals surface area contributed by atoms with E-state index in [1.54, 1.807) is 6.92 Å². The van der Waals surface area contributed by atoms with Crippen LogP contribution in [0.1, 0.15) is 18.1 Å². The fourth-order valence-corrected chi connectivity index (χ4v) is 3.89. The van der Waals surface area contributed by atoms with Crippen molar-refractivity contribution in [1.29, 1.82) is 0 Å². The lowest BCUT2D eigenvalue weighted by Gasteiger charge is -2.28. The third kappa shape index (κ3) is 5.26. The second-order valence-electron chi connectivity index (χ2n) is 6.53. The Bertz CT molecular complexity index is 1090. The van der Waals surface area contributed by atoms with E-state index in [4.69, 9.17) is 0 Å². The monoisotopic (exact) mass is 445 g/mol. The van der Waals surface area contributed by atoms with Crippen LogP contribution in [0.5, 0.6) is 0 Å². The van der Waals surface area contributed by atoms with Crippen molar-refractivity contribution in [1.82, 2.24) is 0 Å². The van der Waals surface area contributed by atoms with Crippen LogP contribution in [-0.2, 0) is 21.0 Å². The molecule has 0 radical (unpaired) electrons. The number of carbonyl (C=O) groups excluding carboxylic acids is 1. The predicted octanol–water partition coefficient (Wildman–Crippen LogP) is 3.72. The van der Waals surface area contributed by atoms with E-state index in [2.05, 4.69) is 5.32 Å². The first-order valence-electron chi connectivity index (χ1n) is 8.44. The van der Waals surface area contributed by atoms with Crippen LogP contribution in [0, 0.1) is 17.0 Å². The minimum Gasteiger partial charge on any atom is -0.324 e. The zero-order chi connectivity index (χ0) is 22.9. The number of nitrogens with one attached hydrogen (secondary N) is 1. The number of nitrogens with zero attached hydrogens (tertiary/aromatic N) is 2. The molecule has 8 nitrogen and oxygen atoms in total. The van der Waals surface area contributed by atoms with Gasteiger partial charge in [0, 0.05) is 12.1 Å². The van der Waals surface area contributed by atoms with Gasteiger partial charge in [0.1, 0.15) is 6.04 Å². The lowest BCUT2D eigenvalue weighted by atomic mass is 10.1. The molecule has 0 aromatic heterocycles. The lowest BCUT2D eigenvalue weighted by molar-refractivity contribution is -0.384. The third-order valence-electron chi connectivity index (χ3n) is 4.21. The summed E-state index contributed by atoms with van der Waals surface area (Å²) < 4.78 is 64.2. The summed E-state index contributed by atoms with van der Waals surface area (Å²) in [5.41, 5.74) is -1.15. The van der Waals surface area contributed by atoms with Gasteiger partial charge >= 0.3 is 6.18 Å². The molecule has 0 saturated carbocycles. The van der Waals surface area contributed by atoms with Gasteiger partial charge in [-0.1, -0.05) is 12.1 Å². The van der Waals surface area contributed by atoms with Gasteiger partial charge in [-0.25, -0.2) is 8.42 Å². The van der Waals surface area contributed by atoms with E-state index in [-0.39, 0.29) is 17.1 Å². The number of nitro groups is 1. The van der Waals surface area contributed by atoms with E-state index < -0.39 is 38.6 Å². The first-order chi connectivity index (χ1) is 13.7. The van der Waals surface area contributed by atoms with Gasteiger partial charge in [0.05, 0.1) is 28.1 Å². The Hall–Kier alpha value is -3.15. The summed E-state index contributed by atoms with van der Waals surface area (Å²) in [6.45, 7) is 2.77. The molecule has 30 heavy (non-hydrogen) atoms. The largest absolute Gasteiger partial charge is 0.416 e. The molecule has 0 spiro atoms. The van der Waals surface area contributed by atoms with Gasteiger partial charge in [-0.05, 0) is 37.6 Å². The number of halogens is 3. The Kier molecular flexibility index (Phi) is 6.40. The van der Waals surface area contributed by atoms with Crippen LogP contribution < -0.4 is 9.62 Å². The lowest BCUT2D eigenvalue weighted by Crippen LogP contribution is -2.45. The number of anilines is 2. The summed E-state index contributed by atoms with van der Waals surface area (Å²) in [5.74, 6) is -0.874. The van der Waals surface area contributed by atoms with Crippen molar-refractivity contribution in [2.45, 2.75) is 26.1 Å². The molecule has 0 fully saturated rings. The first kappa shape index (κ1) is 23.1. The van der Waals surface area contributed by atoms with E-state index in [1.165, 1.54) is 19.1 Å². The molecule has 1 atom stereocenters. The number of carbonyl (C=O) groups is 1. The van der Waals surface area contributed by atoms with Gasteiger partial charge in [-0.2, -0.15) is 13.2 Å². The molecule has 0 unspecified atom stereocenters. The molecule has 2 aromatic carbocycles. The Morgan fingerprint density at radius 3 is 2.37 bits per heavy atom. The number of benzene rings is 2. The summed E-state index contributed by atoms with van der Waals surface area (Å²) >= 11 is 0. The van der Waals surface area contributed by atoms with Crippen LogP contribution in [-0.4, -0.2) is 31.5 Å². The summed E-state index contributed by atoms with van der Waals surface area (Å²) in [7, 11) is -4.15. The molecular weight excluding hydrogens is 427 g/mol. The minimum absolute atomic E-state index is 0.0820. The number of nitro benzene ring substituents is 1. The molecule has 12 heteroatoms. The topological polar surface area (TPSA) is 110 Å². The molecule has 0 aliphatic heterocycles. The number of amides is 1. The maximum Gasteiger partial charge on any atom is 0.416 e. The Morgan fingerprint density at radius 2 is 1.83 bits per heavy atom. The highest BCUT2D eigenvalue weighted by Crippen LogP contribution is 2.33. The van der Waals surface area contributed by atoms with Crippen LogP contribution in [0.25, 0.3) is 0 Å².